The maximum Gasteiger partial charge on any atom is 0.160 e. The number of rotatable bonds is 3. The van der Waals surface area contributed by atoms with Crippen molar-refractivity contribution in [3.8, 4) is 45.0 Å². The molecule has 264 valence electrons. The first-order valence-electron chi connectivity index (χ1n) is 19.5. The lowest BCUT2D eigenvalue weighted by Gasteiger charge is -2.35. The van der Waals surface area contributed by atoms with Crippen LogP contribution in [0.5, 0.6) is 0 Å². The van der Waals surface area contributed by atoms with E-state index in [1.54, 1.807) is 6.20 Å². The maximum absolute atomic E-state index is 5.27. The van der Waals surface area contributed by atoms with Crippen LogP contribution in [0.1, 0.15) is 33.4 Å². The normalized spacial score (nSPS) is 15.0. The van der Waals surface area contributed by atoms with Crippen LogP contribution < -0.4 is 0 Å². The molecule has 0 saturated carbocycles. The molecule has 0 saturated heterocycles. The molecule has 1 spiro atoms. The molecular weight excluding hydrogens is 691 g/mol. The van der Waals surface area contributed by atoms with Gasteiger partial charge in [0.2, 0.25) is 0 Å². The fourth-order valence-electron chi connectivity index (χ4n) is 9.72. The van der Waals surface area contributed by atoms with Crippen LogP contribution in [0.2, 0.25) is 0 Å². The van der Waals surface area contributed by atoms with Crippen LogP contribution in [0.25, 0.3) is 89.5 Å². The fourth-order valence-corrected chi connectivity index (χ4v) is 9.72. The molecule has 10 aromatic rings. The molecular formula is C54H33N3. The summed E-state index contributed by atoms with van der Waals surface area (Å²) in [5, 5.41) is 7.64. The lowest BCUT2D eigenvalue weighted by Crippen LogP contribution is -2.30. The third-order valence-electron chi connectivity index (χ3n) is 12.2. The van der Waals surface area contributed by atoms with Gasteiger partial charge in [-0.15, -0.1) is 0 Å². The molecule has 2 heterocycles. The molecule has 3 heteroatoms. The van der Waals surface area contributed by atoms with Crippen LogP contribution in [0, 0.1) is 0 Å². The van der Waals surface area contributed by atoms with E-state index in [-0.39, 0.29) is 0 Å². The van der Waals surface area contributed by atoms with Gasteiger partial charge in [0.25, 0.3) is 0 Å². The van der Waals surface area contributed by atoms with E-state index in [0.29, 0.717) is 5.82 Å². The lowest BCUT2D eigenvalue weighted by atomic mass is 9.65. The Morgan fingerprint density at radius 3 is 1.68 bits per heavy atom. The highest BCUT2D eigenvalue weighted by Gasteiger charge is 2.49. The van der Waals surface area contributed by atoms with Gasteiger partial charge in [-0.3, -0.25) is 4.98 Å². The van der Waals surface area contributed by atoms with Crippen molar-refractivity contribution in [1.29, 1.82) is 0 Å². The minimum Gasteiger partial charge on any atom is -0.264 e. The zero-order valence-electron chi connectivity index (χ0n) is 30.9. The third-order valence-corrected chi connectivity index (χ3v) is 12.2. The number of hydrogen-bond acceptors (Lipinski definition) is 3. The predicted octanol–water partition coefficient (Wildman–Crippen LogP) is 13.2. The highest BCUT2D eigenvalue weighted by atomic mass is 14.9. The van der Waals surface area contributed by atoms with E-state index in [2.05, 4.69) is 181 Å². The molecule has 12 rings (SSSR count). The van der Waals surface area contributed by atoms with Gasteiger partial charge >= 0.3 is 0 Å². The van der Waals surface area contributed by atoms with Gasteiger partial charge in [0.05, 0.1) is 16.8 Å². The zero-order valence-corrected chi connectivity index (χ0v) is 30.9. The molecule has 0 bridgehead atoms. The van der Waals surface area contributed by atoms with Crippen LogP contribution in [0.15, 0.2) is 188 Å². The number of fused-ring (bicyclic) bond motifs is 15. The van der Waals surface area contributed by atoms with Gasteiger partial charge in [-0.05, 0) is 113 Å². The van der Waals surface area contributed by atoms with Crippen LogP contribution in [0.4, 0.5) is 0 Å². The van der Waals surface area contributed by atoms with E-state index in [1.807, 2.05) is 18.3 Å². The van der Waals surface area contributed by atoms with Crippen molar-refractivity contribution in [3.63, 3.8) is 0 Å². The molecule has 1 unspecified atom stereocenters. The van der Waals surface area contributed by atoms with E-state index in [0.717, 1.165) is 28.1 Å². The summed E-state index contributed by atoms with van der Waals surface area (Å²) in [6, 6.07) is 64.0. The topological polar surface area (TPSA) is 38.7 Å². The van der Waals surface area contributed by atoms with Crippen molar-refractivity contribution in [3.05, 3.63) is 222 Å². The Morgan fingerprint density at radius 1 is 0.351 bits per heavy atom. The first-order valence-corrected chi connectivity index (χ1v) is 19.5. The number of hydrogen-bond donors (Lipinski definition) is 0. The summed E-state index contributed by atoms with van der Waals surface area (Å²) < 4.78 is 0. The summed E-state index contributed by atoms with van der Waals surface area (Å²) >= 11 is 0. The molecule has 0 radical (unpaired) electrons. The Morgan fingerprint density at radius 2 is 0.947 bits per heavy atom. The summed E-state index contributed by atoms with van der Waals surface area (Å²) in [5.41, 5.74) is 14.0. The van der Waals surface area contributed by atoms with Crippen LogP contribution in [0.3, 0.4) is 0 Å². The van der Waals surface area contributed by atoms with Gasteiger partial charge in [0.15, 0.2) is 5.82 Å². The van der Waals surface area contributed by atoms with Crippen molar-refractivity contribution in [1.82, 2.24) is 15.0 Å². The highest BCUT2D eigenvalue weighted by molar-refractivity contribution is 6.26. The molecule has 8 aromatic carbocycles. The smallest absolute Gasteiger partial charge is 0.160 e. The Hall–Kier alpha value is -7.49. The minimum absolute atomic E-state index is 0.623. The molecule has 3 nitrogen and oxygen atoms in total. The minimum atomic E-state index is -0.623. The Balaban J connectivity index is 1.19. The fraction of sp³-hybridized carbons (Fsp3) is 0.0185. The Kier molecular flexibility index (Phi) is 6.84. The van der Waals surface area contributed by atoms with E-state index in [4.69, 9.17) is 9.97 Å². The summed E-state index contributed by atoms with van der Waals surface area (Å²) in [6.45, 7) is 0. The monoisotopic (exact) mass is 723 g/mol. The average molecular weight is 724 g/mol. The second kappa shape index (κ2) is 12.3. The van der Waals surface area contributed by atoms with Crippen molar-refractivity contribution in [2.75, 3.05) is 0 Å². The molecule has 0 amide bonds. The molecule has 2 aliphatic carbocycles. The van der Waals surface area contributed by atoms with E-state index in [9.17, 15) is 0 Å². The van der Waals surface area contributed by atoms with Crippen molar-refractivity contribution in [2.45, 2.75) is 5.41 Å². The second-order valence-electron chi connectivity index (χ2n) is 15.1. The van der Waals surface area contributed by atoms with Crippen molar-refractivity contribution >= 4 is 44.5 Å². The van der Waals surface area contributed by atoms with E-state index in [1.165, 1.54) is 76.8 Å². The zero-order chi connectivity index (χ0) is 37.5. The van der Waals surface area contributed by atoms with Crippen molar-refractivity contribution < 1.29 is 0 Å². The summed E-state index contributed by atoms with van der Waals surface area (Å²) in [4.78, 5) is 15.0. The standard InChI is InChI=1S/C54H33N3/c1-2-14-36(15-3-1)51-32-52(38-16-12-28-55-33-38)57-53(56-51)37-27-26-35-25-24-34-13-4-10-22-47(34)54(49(35)29-37)48-23-11-9-21-43(48)46-30-44-41-19-7-5-17-39(41)40-18-6-8-20-42(40)45(44)31-50(46)54/h1-33H. The first kappa shape index (κ1) is 31.8. The molecule has 0 N–H and O–H groups in total. The molecule has 0 aliphatic heterocycles. The molecule has 2 aliphatic rings. The predicted molar refractivity (Wildman–Crippen MR) is 235 cm³/mol. The van der Waals surface area contributed by atoms with Crippen LogP contribution in [-0.4, -0.2) is 15.0 Å². The van der Waals surface area contributed by atoms with Gasteiger partial charge in [-0.1, -0.05) is 152 Å². The quantitative estimate of drug-likeness (QED) is 0.170. The summed E-state index contributed by atoms with van der Waals surface area (Å²) in [5.74, 6) is 0.678. The lowest BCUT2D eigenvalue weighted by molar-refractivity contribution is 0.767. The number of nitrogens with zero attached hydrogens (tertiary/aromatic N) is 3. The van der Waals surface area contributed by atoms with Crippen LogP contribution in [-0.2, 0) is 5.41 Å². The van der Waals surface area contributed by atoms with Gasteiger partial charge in [-0.25, -0.2) is 9.97 Å². The number of aromatic nitrogens is 3. The largest absolute Gasteiger partial charge is 0.264 e. The molecule has 1 atom stereocenters. The Bertz CT molecular complexity index is 3240. The number of benzene rings is 8. The summed E-state index contributed by atoms with van der Waals surface area (Å²) in [6.07, 6.45) is 8.25. The third kappa shape index (κ3) is 4.63. The van der Waals surface area contributed by atoms with Crippen LogP contribution >= 0.6 is 0 Å². The maximum atomic E-state index is 5.27. The average Bonchev–Trinajstić information content (AvgIpc) is 3.48. The number of pyridine rings is 1. The first-order chi connectivity index (χ1) is 28.3. The molecule has 57 heavy (non-hydrogen) atoms. The van der Waals surface area contributed by atoms with Gasteiger partial charge in [-0.2, -0.15) is 0 Å². The van der Waals surface area contributed by atoms with E-state index >= 15 is 0 Å². The molecule has 0 fully saturated rings. The SMILES string of the molecule is C1=Cc2ccc(-c3nc(-c4ccccc4)cc(-c4cccnc4)n3)cc2C2(c3ccccc31)c1ccccc1-c1cc3c4ccccc4c4ccccc4c3cc12. The summed E-state index contributed by atoms with van der Waals surface area (Å²) in [7, 11) is 0. The molecule has 2 aromatic heterocycles. The highest BCUT2D eigenvalue weighted by Crippen LogP contribution is 2.60. The second-order valence-corrected chi connectivity index (χ2v) is 15.1. The van der Waals surface area contributed by atoms with E-state index < -0.39 is 5.41 Å². The van der Waals surface area contributed by atoms with Gasteiger partial charge in [0.1, 0.15) is 0 Å². The van der Waals surface area contributed by atoms with Gasteiger partial charge < -0.3 is 0 Å². The van der Waals surface area contributed by atoms with Gasteiger partial charge in [0, 0.05) is 29.1 Å². The Labute approximate surface area is 330 Å². The van der Waals surface area contributed by atoms with Crippen molar-refractivity contribution in [2.24, 2.45) is 0 Å².